The molecule has 2 saturated carbocycles. The molecule has 3 atom stereocenters. The Morgan fingerprint density at radius 3 is 2.55 bits per heavy atom. The van der Waals surface area contributed by atoms with Crippen molar-refractivity contribution in [2.24, 2.45) is 30.2 Å². The monoisotopic (exact) mass is 419 g/mol. The van der Waals surface area contributed by atoms with Crippen LogP contribution in [0, 0.1) is 30.1 Å². The predicted molar refractivity (Wildman–Crippen MR) is 120 cm³/mol. The van der Waals surface area contributed by atoms with Crippen LogP contribution in [0.5, 0.6) is 5.88 Å². The summed E-state index contributed by atoms with van der Waals surface area (Å²) < 4.78 is 8.00. The van der Waals surface area contributed by atoms with Crippen molar-refractivity contribution in [3.8, 4) is 17.3 Å². The number of rotatable bonds is 5. The molecule has 3 fully saturated rings. The Kier molecular flexibility index (Phi) is 4.67. The molecule has 164 valence electrons. The summed E-state index contributed by atoms with van der Waals surface area (Å²) in [6.45, 7) is 5.90. The van der Waals surface area contributed by atoms with E-state index in [4.69, 9.17) is 4.74 Å². The van der Waals surface area contributed by atoms with Gasteiger partial charge in [-0.1, -0.05) is 12.2 Å². The molecule has 2 aromatic heterocycles. The summed E-state index contributed by atoms with van der Waals surface area (Å²) in [7, 11) is 1.93. The molecule has 3 aliphatic carbocycles. The van der Waals surface area contributed by atoms with E-state index in [1.807, 2.05) is 37.0 Å². The van der Waals surface area contributed by atoms with Crippen LogP contribution >= 0.6 is 0 Å². The highest BCUT2D eigenvalue weighted by atomic mass is 16.5. The molecule has 31 heavy (non-hydrogen) atoms. The van der Waals surface area contributed by atoms with Gasteiger partial charge in [-0.05, 0) is 93.3 Å². The van der Waals surface area contributed by atoms with Gasteiger partial charge in [-0.25, -0.2) is 0 Å². The summed E-state index contributed by atoms with van der Waals surface area (Å²) in [5.74, 6) is 3.32. The molecule has 6 heteroatoms. The van der Waals surface area contributed by atoms with E-state index in [9.17, 15) is 0 Å². The van der Waals surface area contributed by atoms with Gasteiger partial charge in [-0.2, -0.15) is 5.10 Å². The van der Waals surface area contributed by atoms with Gasteiger partial charge in [0.05, 0.1) is 11.9 Å². The standard InChI is InChI=1S/C25H33N5O/c1-17-15-26-29(2)24(17)22-5-6-23(28-27-22)31-21-13-25(14-21)7-9-30(10-8-25)16-20-12-18-3-4-19(20)11-18/h3-6,15,18-21H,7-14,16H2,1-2H3. The Hall–Kier alpha value is -2.21. The molecule has 4 aliphatic rings. The highest BCUT2D eigenvalue weighted by Crippen LogP contribution is 2.51. The molecular formula is C25H33N5O. The third-order valence-electron chi connectivity index (χ3n) is 8.44. The summed E-state index contributed by atoms with van der Waals surface area (Å²) in [5, 5.41) is 13.0. The lowest BCUT2D eigenvalue weighted by Crippen LogP contribution is -2.51. The number of nitrogens with zero attached hydrogens (tertiary/aromatic N) is 5. The molecule has 3 heterocycles. The summed E-state index contributed by atoms with van der Waals surface area (Å²) in [5.41, 5.74) is 3.47. The maximum atomic E-state index is 6.16. The SMILES string of the molecule is Cc1cnn(C)c1-c1ccc(OC2CC3(CCN(CC4CC5C=CC4C5)CC3)C2)nn1. The van der Waals surface area contributed by atoms with Crippen molar-refractivity contribution in [2.75, 3.05) is 19.6 Å². The van der Waals surface area contributed by atoms with Crippen molar-refractivity contribution in [1.82, 2.24) is 24.9 Å². The molecule has 2 aromatic rings. The minimum atomic E-state index is 0.292. The highest BCUT2D eigenvalue weighted by molar-refractivity contribution is 5.58. The van der Waals surface area contributed by atoms with Crippen molar-refractivity contribution in [1.29, 1.82) is 0 Å². The minimum Gasteiger partial charge on any atom is -0.473 e. The fourth-order valence-corrected chi connectivity index (χ4v) is 6.64. The van der Waals surface area contributed by atoms with Crippen LogP contribution < -0.4 is 4.74 Å². The number of likely N-dealkylation sites (tertiary alicyclic amines) is 1. The molecule has 1 spiro atoms. The van der Waals surface area contributed by atoms with E-state index in [0.717, 1.165) is 34.7 Å². The van der Waals surface area contributed by atoms with E-state index in [1.54, 1.807) is 0 Å². The van der Waals surface area contributed by atoms with Crippen molar-refractivity contribution < 1.29 is 4.74 Å². The van der Waals surface area contributed by atoms with E-state index in [2.05, 4.69) is 32.3 Å². The lowest BCUT2D eigenvalue weighted by molar-refractivity contribution is -0.0592. The molecule has 1 saturated heterocycles. The van der Waals surface area contributed by atoms with Gasteiger partial charge in [-0.15, -0.1) is 10.2 Å². The predicted octanol–water partition coefficient (Wildman–Crippen LogP) is 4.02. The van der Waals surface area contributed by atoms with Gasteiger partial charge in [0.1, 0.15) is 11.8 Å². The second kappa shape index (κ2) is 7.44. The largest absolute Gasteiger partial charge is 0.473 e. The van der Waals surface area contributed by atoms with Crippen molar-refractivity contribution >= 4 is 0 Å². The fourth-order valence-electron chi connectivity index (χ4n) is 6.64. The zero-order valence-corrected chi connectivity index (χ0v) is 18.7. The fraction of sp³-hybridized carbons (Fsp3) is 0.640. The van der Waals surface area contributed by atoms with Gasteiger partial charge in [-0.3, -0.25) is 4.68 Å². The van der Waals surface area contributed by atoms with Gasteiger partial charge >= 0.3 is 0 Å². The summed E-state index contributed by atoms with van der Waals surface area (Å²) in [6, 6.07) is 3.94. The maximum absolute atomic E-state index is 6.16. The van der Waals surface area contributed by atoms with Crippen molar-refractivity contribution in [3.63, 3.8) is 0 Å². The van der Waals surface area contributed by atoms with Crippen LogP contribution in [0.4, 0.5) is 0 Å². The smallest absolute Gasteiger partial charge is 0.233 e. The van der Waals surface area contributed by atoms with Crippen molar-refractivity contribution in [2.45, 2.75) is 51.6 Å². The van der Waals surface area contributed by atoms with Gasteiger partial charge < -0.3 is 9.64 Å². The topological polar surface area (TPSA) is 56.1 Å². The molecule has 3 unspecified atom stereocenters. The molecular weight excluding hydrogens is 386 g/mol. The first-order valence-electron chi connectivity index (χ1n) is 12.0. The number of fused-ring (bicyclic) bond motifs is 2. The first-order chi connectivity index (χ1) is 15.1. The van der Waals surface area contributed by atoms with E-state index in [-0.39, 0.29) is 0 Å². The quantitative estimate of drug-likeness (QED) is 0.685. The second-order valence-corrected chi connectivity index (χ2v) is 10.5. The molecule has 0 aromatic carbocycles. The van der Waals surface area contributed by atoms with Gasteiger partial charge in [0, 0.05) is 19.7 Å². The van der Waals surface area contributed by atoms with E-state index in [1.165, 1.54) is 58.2 Å². The first-order valence-corrected chi connectivity index (χ1v) is 12.0. The number of aryl methyl sites for hydroxylation is 2. The number of hydrogen-bond donors (Lipinski definition) is 0. The van der Waals surface area contributed by atoms with Crippen LogP contribution in [0.1, 0.15) is 44.1 Å². The summed E-state index contributed by atoms with van der Waals surface area (Å²) >= 11 is 0. The van der Waals surface area contributed by atoms with Gasteiger partial charge in [0.15, 0.2) is 0 Å². The van der Waals surface area contributed by atoms with Crippen LogP contribution in [0.15, 0.2) is 30.5 Å². The molecule has 2 bridgehead atoms. The summed E-state index contributed by atoms with van der Waals surface area (Å²) in [4.78, 5) is 2.74. The number of piperidine rings is 1. The van der Waals surface area contributed by atoms with Gasteiger partial charge in [0.2, 0.25) is 5.88 Å². The van der Waals surface area contributed by atoms with E-state index < -0.39 is 0 Å². The van der Waals surface area contributed by atoms with Crippen LogP contribution in [-0.2, 0) is 7.05 Å². The Labute approximate surface area is 184 Å². The average Bonchev–Trinajstić information content (AvgIpc) is 3.45. The Balaban J connectivity index is 0.987. The third kappa shape index (κ3) is 3.59. The molecule has 0 amide bonds. The van der Waals surface area contributed by atoms with Crippen LogP contribution in [0.3, 0.4) is 0 Å². The zero-order chi connectivity index (χ0) is 21.0. The Morgan fingerprint density at radius 2 is 1.94 bits per heavy atom. The minimum absolute atomic E-state index is 0.292. The Morgan fingerprint density at radius 1 is 1.10 bits per heavy atom. The zero-order valence-electron chi connectivity index (χ0n) is 18.7. The lowest BCUT2D eigenvalue weighted by Gasteiger charge is -2.52. The second-order valence-electron chi connectivity index (χ2n) is 10.5. The average molecular weight is 420 g/mol. The summed E-state index contributed by atoms with van der Waals surface area (Å²) in [6.07, 6.45) is 14.9. The Bertz CT molecular complexity index is 945. The molecule has 0 radical (unpaired) electrons. The maximum Gasteiger partial charge on any atom is 0.233 e. The normalized spacial score (nSPS) is 29.5. The molecule has 6 nitrogen and oxygen atoms in total. The van der Waals surface area contributed by atoms with E-state index in [0.29, 0.717) is 17.4 Å². The van der Waals surface area contributed by atoms with Gasteiger partial charge in [0.25, 0.3) is 0 Å². The first kappa shape index (κ1) is 19.5. The van der Waals surface area contributed by atoms with E-state index >= 15 is 0 Å². The molecule has 6 rings (SSSR count). The van der Waals surface area contributed by atoms with Crippen LogP contribution in [0.2, 0.25) is 0 Å². The molecule has 1 aliphatic heterocycles. The number of aromatic nitrogens is 4. The number of hydrogen-bond acceptors (Lipinski definition) is 5. The van der Waals surface area contributed by atoms with Crippen molar-refractivity contribution in [3.05, 3.63) is 36.0 Å². The number of ether oxygens (including phenoxy) is 1. The third-order valence-corrected chi connectivity index (χ3v) is 8.44. The highest BCUT2D eigenvalue weighted by Gasteiger charge is 2.47. The lowest BCUT2D eigenvalue weighted by atomic mass is 9.61. The molecule has 0 N–H and O–H groups in total. The van der Waals surface area contributed by atoms with Crippen LogP contribution in [-0.4, -0.2) is 50.6 Å². The number of allylic oxidation sites excluding steroid dienone is 2. The van der Waals surface area contributed by atoms with Crippen LogP contribution in [0.25, 0.3) is 11.4 Å².